The summed E-state index contributed by atoms with van der Waals surface area (Å²) in [6.45, 7) is 5.30. The van der Waals surface area contributed by atoms with Crippen molar-refractivity contribution in [2.24, 2.45) is 5.92 Å². The molecule has 0 saturated carbocycles. The molecule has 0 saturated heterocycles. The molecule has 0 N–H and O–H groups in total. The van der Waals surface area contributed by atoms with Gasteiger partial charge in [-0.2, -0.15) is 5.10 Å². The Morgan fingerprint density at radius 1 is 1.45 bits per heavy atom. The molecule has 106 valence electrons. The van der Waals surface area contributed by atoms with Crippen LogP contribution >= 0.6 is 11.6 Å². The second-order valence-corrected chi connectivity index (χ2v) is 5.26. The average Bonchev–Trinajstić information content (AvgIpc) is 2.83. The van der Waals surface area contributed by atoms with Crippen LogP contribution in [-0.4, -0.2) is 21.1 Å². The molecule has 0 unspecified atom stereocenters. The topological polar surface area (TPSA) is 57.0 Å². The summed E-state index contributed by atoms with van der Waals surface area (Å²) in [5.41, 5.74) is 0.519. The maximum atomic E-state index is 10.6. The van der Waals surface area contributed by atoms with E-state index in [1.807, 2.05) is 4.68 Å². The zero-order chi connectivity index (χ0) is 14.5. The molecule has 1 heterocycles. The van der Waals surface area contributed by atoms with E-state index in [9.17, 15) is 4.79 Å². The van der Waals surface area contributed by atoms with Crippen LogP contribution in [0.15, 0.2) is 24.5 Å². The van der Waals surface area contributed by atoms with Crippen molar-refractivity contribution in [2.45, 2.75) is 27.0 Å². The normalized spacial score (nSPS) is 10.8. The summed E-state index contributed by atoms with van der Waals surface area (Å²) >= 11 is 6.05. The van der Waals surface area contributed by atoms with Gasteiger partial charge in [0.1, 0.15) is 25.0 Å². The zero-order valence-electron chi connectivity index (χ0n) is 11.4. The first-order valence-electron chi connectivity index (χ1n) is 6.34. The SMILES string of the molecule is CC(C)Cn1ncnc1COc1ccc(C=O)cc1Cl. The van der Waals surface area contributed by atoms with Gasteiger partial charge in [0.25, 0.3) is 0 Å². The van der Waals surface area contributed by atoms with Crippen molar-refractivity contribution in [2.75, 3.05) is 0 Å². The van der Waals surface area contributed by atoms with E-state index in [4.69, 9.17) is 16.3 Å². The molecule has 0 spiro atoms. The van der Waals surface area contributed by atoms with Crippen LogP contribution in [-0.2, 0) is 13.2 Å². The standard InChI is InChI=1S/C14H16ClN3O2/c1-10(2)6-18-14(16-9-17-18)8-20-13-4-3-11(7-19)5-12(13)15/h3-5,7,9-10H,6,8H2,1-2H3. The highest BCUT2D eigenvalue weighted by Gasteiger charge is 2.09. The highest BCUT2D eigenvalue weighted by molar-refractivity contribution is 6.32. The van der Waals surface area contributed by atoms with E-state index in [0.29, 0.717) is 22.3 Å². The Morgan fingerprint density at radius 3 is 2.90 bits per heavy atom. The third kappa shape index (κ3) is 3.57. The molecule has 0 radical (unpaired) electrons. The Morgan fingerprint density at radius 2 is 2.25 bits per heavy atom. The molecule has 0 bridgehead atoms. The van der Waals surface area contributed by atoms with E-state index < -0.39 is 0 Å². The molecule has 6 heteroatoms. The van der Waals surface area contributed by atoms with Gasteiger partial charge in [0.2, 0.25) is 0 Å². The van der Waals surface area contributed by atoms with Gasteiger partial charge >= 0.3 is 0 Å². The number of nitrogens with zero attached hydrogens (tertiary/aromatic N) is 3. The lowest BCUT2D eigenvalue weighted by Gasteiger charge is -2.10. The molecule has 0 aliphatic carbocycles. The number of hydrogen-bond donors (Lipinski definition) is 0. The summed E-state index contributed by atoms with van der Waals surface area (Å²) in [6, 6.07) is 4.91. The van der Waals surface area contributed by atoms with Crippen LogP contribution < -0.4 is 4.74 Å². The highest BCUT2D eigenvalue weighted by Crippen LogP contribution is 2.25. The number of hydrogen-bond acceptors (Lipinski definition) is 4. The quantitative estimate of drug-likeness (QED) is 0.768. The molecule has 0 aliphatic heterocycles. The Balaban J connectivity index is 2.05. The lowest BCUT2D eigenvalue weighted by atomic mass is 10.2. The van der Waals surface area contributed by atoms with Gasteiger partial charge in [-0.05, 0) is 24.1 Å². The lowest BCUT2D eigenvalue weighted by Crippen LogP contribution is -2.12. The predicted molar refractivity (Wildman–Crippen MR) is 76.0 cm³/mol. The van der Waals surface area contributed by atoms with Crippen LogP contribution in [0.2, 0.25) is 5.02 Å². The molecule has 0 amide bonds. The lowest BCUT2D eigenvalue weighted by molar-refractivity contribution is 0.112. The van der Waals surface area contributed by atoms with Crippen molar-refractivity contribution < 1.29 is 9.53 Å². The highest BCUT2D eigenvalue weighted by atomic mass is 35.5. The summed E-state index contributed by atoms with van der Waals surface area (Å²) < 4.78 is 7.45. The Hall–Kier alpha value is -1.88. The van der Waals surface area contributed by atoms with Crippen LogP contribution in [0.4, 0.5) is 0 Å². The van der Waals surface area contributed by atoms with Crippen LogP contribution in [0, 0.1) is 5.92 Å². The van der Waals surface area contributed by atoms with Crippen molar-refractivity contribution in [1.29, 1.82) is 0 Å². The molecule has 1 aromatic heterocycles. The number of halogens is 1. The maximum absolute atomic E-state index is 10.6. The first kappa shape index (κ1) is 14.5. The van der Waals surface area contributed by atoms with Crippen LogP contribution in [0.1, 0.15) is 30.0 Å². The third-order valence-electron chi connectivity index (χ3n) is 2.68. The third-order valence-corrected chi connectivity index (χ3v) is 2.98. The first-order valence-corrected chi connectivity index (χ1v) is 6.72. The number of carbonyl (C=O) groups is 1. The van der Waals surface area contributed by atoms with E-state index in [1.54, 1.807) is 18.2 Å². The van der Waals surface area contributed by atoms with Crippen molar-refractivity contribution in [3.8, 4) is 5.75 Å². The smallest absolute Gasteiger partial charge is 0.164 e. The van der Waals surface area contributed by atoms with Crippen LogP contribution in [0.5, 0.6) is 5.75 Å². The van der Waals surface area contributed by atoms with Gasteiger partial charge in [-0.3, -0.25) is 4.79 Å². The molecule has 0 aliphatic rings. The van der Waals surface area contributed by atoms with Gasteiger partial charge in [0.05, 0.1) is 5.02 Å². The van der Waals surface area contributed by atoms with Gasteiger partial charge in [0.15, 0.2) is 5.82 Å². The largest absolute Gasteiger partial charge is 0.484 e. The molecular formula is C14H16ClN3O2. The molecule has 5 nitrogen and oxygen atoms in total. The molecule has 1 aromatic carbocycles. The number of aldehydes is 1. The minimum Gasteiger partial charge on any atom is -0.484 e. The minimum atomic E-state index is 0.285. The van der Waals surface area contributed by atoms with Gasteiger partial charge < -0.3 is 4.74 Å². The number of rotatable bonds is 6. The summed E-state index contributed by atoms with van der Waals surface area (Å²) in [7, 11) is 0. The predicted octanol–water partition coefficient (Wildman–Crippen LogP) is 2.98. The molecule has 0 fully saturated rings. The Bertz CT molecular complexity index is 596. The monoisotopic (exact) mass is 293 g/mol. The maximum Gasteiger partial charge on any atom is 0.164 e. The van der Waals surface area contributed by atoms with E-state index >= 15 is 0 Å². The zero-order valence-corrected chi connectivity index (χ0v) is 12.2. The number of ether oxygens (including phenoxy) is 1. The Kier molecular flexibility index (Phi) is 4.74. The van der Waals surface area contributed by atoms with Crippen molar-refractivity contribution in [3.05, 3.63) is 40.9 Å². The van der Waals surface area contributed by atoms with E-state index in [2.05, 4.69) is 23.9 Å². The number of carbonyl (C=O) groups excluding carboxylic acids is 1. The molecule has 20 heavy (non-hydrogen) atoms. The molecule has 0 atom stereocenters. The summed E-state index contributed by atoms with van der Waals surface area (Å²) in [5.74, 6) is 1.75. The van der Waals surface area contributed by atoms with Gasteiger partial charge in [0, 0.05) is 12.1 Å². The van der Waals surface area contributed by atoms with Crippen LogP contribution in [0.3, 0.4) is 0 Å². The van der Waals surface area contributed by atoms with Gasteiger partial charge in [-0.1, -0.05) is 25.4 Å². The number of benzene rings is 1. The summed E-state index contributed by atoms with van der Waals surface area (Å²) in [4.78, 5) is 14.8. The fourth-order valence-electron chi connectivity index (χ4n) is 1.75. The molecule has 2 aromatic rings. The summed E-state index contributed by atoms with van der Waals surface area (Å²) in [5, 5.41) is 4.57. The second-order valence-electron chi connectivity index (χ2n) is 4.85. The fraction of sp³-hybridized carbons (Fsp3) is 0.357. The molecule has 2 rings (SSSR count). The van der Waals surface area contributed by atoms with E-state index in [1.165, 1.54) is 6.33 Å². The van der Waals surface area contributed by atoms with Gasteiger partial charge in [-0.25, -0.2) is 9.67 Å². The Labute approximate surface area is 122 Å². The second kappa shape index (κ2) is 6.52. The van der Waals surface area contributed by atoms with Crippen molar-refractivity contribution in [3.63, 3.8) is 0 Å². The van der Waals surface area contributed by atoms with Crippen molar-refractivity contribution in [1.82, 2.24) is 14.8 Å². The molecular weight excluding hydrogens is 278 g/mol. The van der Waals surface area contributed by atoms with Gasteiger partial charge in [-0.15, -0.1) is 0 Å². The average molecular weight is 294 g/mol. The van der Waals surface area contributed by atoms with E-state index in [0.717, 1.165) is 18.7 Å². The summed E-state index contributed by atoms with van der Waals surface area (Å²) in [6.07, 6.45) is 2.26. The first-order chi connectivity index (χ1) is 9.60. The number of aromatic nitrogens is 3. The minimum absolute atomic E-state index is 0.285. The van der Waals surface area contributed by atoms with Crippen LogP contribution in [0.25, 0.3) is 0 Å². The fourth-order valence-corrected chi connectivity index (χ4v) is 1.99. The van der Waals surface area contributed by atoms with E-state index in [-0.39, 0.29) is 6.61 Å². The van der Waals surface area contributed by atoms with Crippen molar-refractivity contribution >= 4 is 17.9 Å².